The van der Waals surface area contributed by atoms with Crippen LogP contribution in [0.3, 0.4) is 0 Å². The normalized spacial score (nSPS) is 10.3. The number of hydrogen-bond acceptors (Lipinski definition) is 4. The lowest BCUT2D eigenvalue weighted by molar-refractivity contribution is 0.0600. The smallest absolute Gasteiger partial charge is 0.338 e. The van der Waals surface area contributed by atoms with Gasteiger partial charge in [0, 0.05) is 0 Å². The number of fused-ring (bicyclic) bond motifs is 1. The number of nitrogens with zero attached hydrogens (tertiary/aromatic N) is 1. The number of carbonyl (C=O) groups excluding carboxylic acids is 1. The zero-order chi connectivity index (χ0) is 10.8. The zero-order valence-corrected chi connectivity index (χ0v) is 8.40. The summed E-state index contributed by atoms with van der Waals surface area (Å²) in [7, 11) is 2.87. The maximum absolute atomic E-state index is 11.3. The fourth-order valence-electron chi connectivity index (χ4n) is 1.41. The summed E-state index contributed by atoms with van der Waals surface area (Å²) in [5, 5.41) is 0. The molecule has 0 saturated carbocycles. The van der Waals surface area contributed by atoms with Gasteiger partial charge in [0.2, 0.25) is 0 Å². The second-order valence-corrected chi connectivity index (χ2v) is 2.97. The lowest BCUT2D eigenvalue weighted by atomic mass is 10.2. The van der Waals surface area contributed by atoms with Gasteiger partial charge in [0.1, 0.15) is 11.3 Å². The van der Waals surface area contributed by atoms with Crippen molar-refractivity contribution in [3.05, 3.63) is 24.0 Å². The van der Waals surface area contributed by atoms with Gasteiger partial charge in [-0.15, -0.1) is 0 Å². The summed E-state index contributed by atoms with van der Waals surface area (Å²) >= 11 is 0. The Hall–Kier alpha value is -2.04. The minimum Gasteiger partial charge on any atom is -0.494 e. The molecule has 78 valence electrons. The Morgan fingerprint density at radius 1 is 1.40 bits per heavy atom. The van der Waals surface area contributed by atoms with Crippen LogP contribution >= 0.6 is 0 Å². The highest BCUT2D eigenvalue weighted by Crippen LogP contribution is 2.24. The topological polar surface area (TPSA) is 64.2 Å². The van der Waals surface area contributed by atoms with Crippen LogP contribution in [0.2, 0.25) is 0 Å². The van der Waals surface area contributed by atoms with Crippen LogP contribution in [-0.4, -0.2) is 30.2 Å². The first kappa shape index (κ1) is 9.51. The molecule has 0 aliphatic carbocycles. The molecule has 5 nitrogen and oxygen atoms in total. The van der Waals surface area contributed by atoms with Crippen molar-refractivity contribution < 1.29 is 14.3 Å². The minimum absolute atomic E-state index is 0.398. The van der Waals surface area contributed by atoms with Crippen LogP contribution in [0.25, 0.3) is 11.0 Å². The second kappa shape index (κ2) is 3.61. The van der Waals surface area contributed by atoms with Crippen molar-refractivity contribution in [2.75, 3.05) is 14.2 Å². The summed E-state index contributed by atoms with van der Waals surface area (Å²) in [5.74, 6) is 0.152. The van der Waals surface area contributed by atoms with Gasteiger partial charge in [-0.2, -0.15) is 0 Å². The van der Waals surface area contributed by atoms with Crippen molar-refractivity contribution in [2.45, 2.75) is 0 Å². The molecule has 0 amide bonds. The van der Waals surface area contributed by atoms with E-state index in [1.165, 1.54) is 14.2 Å². The van der Waals surface area contributed by atoms with Gasteiger partial charge in [-0.1, -0.05) is 0 Å². The maximum Gasteiger partial charge on any atom is 0.338 e. The van der Waals surface area contributed by atoms with E-state index in [9.17, 15) is 4.79 Å². The van der Waals surface area contributed by atoms with Gasteiger partial charge in [-0.3, -0.25) is 0 Å². The molecule has 0 aliphatic rings. The van der Waals surface area contributed by atoms with E-state index < -0.39 is 5.97 Å². The first-order valence-corrected chi connectivity index (χ1v) is 4.35. The summed E-state index contributed by atoms with van der Waals surface area (Å²) in [5.41, 5.74) is 1.88. The predicted octanol–water partition coefficient (Wildman–Crippen LogP) is 1.36. The van der Waals surface area contributed by atoms with E-state index in [1.807, 2.05) is 0 Å². The summed E-state index contributed by atoms with van der Waals surface area (Å²) in [4.78, 5) is 18.3. The van der Waals surface area contributed by atoms with Crippen molar-refractivity contribution in [3.63, 3.8) is 0 Å². The van der Waals surface area contributed by atoms with Crippen molar-refractivity contribution in [3.8, 4) is 5.75 Å². The molecule has 1 N–H and O–H groups in total. The molecular weight excluding hydrogens is 196 g/mol. The van der Waals surface area contributed by atoms with Crippen LogP contribution < -0.4 is 4.74 Å². The highest BCUT2D eigenvalue weighted by molar-refractivity contribution is 5.95. The Labute approximate surface area is 86.0 Å². The van der Waals surface area contributed by atoms with E-state index in [0.717, 1.165) is 5.52 Å². The molecule has 5 heteroatoms. The number of ether oxygens (including phenoxy) is 2. The molecule has 0 atom stereocenters. The van der Waals surface area contributed by atoms with Crippen LogP contribution in [-0.2, 0) is 4.74 Å². The number of hydrogen-bond donors (Lipinski definition) is 1. The molecule has 1 heterocycles. The van der Waals surface area contributed by atoms with Gasteiger partial charge >= 0.3 is 5.97 Å². The third kappa shape index (κ3) is 1.52. The van der Waals surface area contributed by atoms with E-state index in [1.54, 1.807) is 18.5 Å². The van der Waals surface area contributed by atoms with Crippen LogP contribution in [0, 0.1) is 0 Å². The molecule has 0 unspecified atom stereocenters. The highest BCUT2D eigenvalue weighted by Gasteiger charge is 2.12. The number of rotatable bonds is 2. The lowest BCUT2D eigenvalue weighted by Crippen LogP contribution is -2.01. The van der Waals surface area contributed by atoms with Gasteiger partial charge < -0.3 is 14.5 Å². The number of aromatic nitrogens is 2. The monoisotopic (exact) mass is 206 g/mol. The molecule has 0 aliphatic heterocycles. The van der Waals surface area contributed by atoms with E-state index in [0.29, 0.717) is 16.8 Å². The third-order valence-electron chi connectivity index (χ3n) is 2.13. The Morgan fingerprint density at radius 3 is 2.87 bits per heavy atom. The lowest BCUT2D eigenvalue weighted by Gasteiger charge is -2.03. The molecule has 0 fully saturated rings. The van der Waals surface area contributed by atoms with Gasteiger partial charge in [0.15, 0.2) is 0 Å². The number of methoxy groups -OCH3 is 2. The van der Waals surface area contributed by atoms with Gasteiger partial charge in [-0.25, -0.2) is 9.78 Å². The maximum atomic E-state index is 11.3. The Morgan fingerprint density at radius 2 is 2.20 bits per heavy atom. The van der Waals surface area contributed by atoms with E-state index in [-0.39, 0.29) is 0 Å². The van der Waals surface area contributed by atoms with Gasteiger partial charge in [-0.05, 0) is 12.1 Å². The quantitative estimate of drug-likeness (QED) is 0.753. The standard InChI is InChI=1S/C10H10N2O3/c1-14-8-4-6(10(13)15-2)3-7-9(8)12-5-11-7/h3-5H,1-2H3,(H,11,12). The largest absolute Gasteiger partial charge is 0.494 e. The zero-order valence-electron chi connectivity index (χ0n) is 8.40. The number of esters is 1. The fraction of sp³-hybridized carbons (Fsp3) is 0.200. The first-order valence-electron chi connectivity index (χ1n) is 4.35. The summed E-state index contributed by atoms with van der Waals surface area (Å²) in [6.45, 7) is 0. The molecule has 0 bridgehead atoms. The average molecular weight is 206 g/mol. The third-order valence-corrected chi connectivity index (χ3v) is 2.13. The molecule has 0 radical (unpaired) electrons. The molecule has 1 aromatic carbocycles. The second-order valence-electron chi connectivity index (χ2n) is 2.97. The van der Waals surface area contributed by atoms with Crippen molar-refractivity contribution >= 4 is 17.0 Å². The number of nitrogens with one attached hydrogen (secondary N) is 1. The Balaban J connectivity index is 2.63. The van der Waals surface area contributed by atoms with Crippen LogP contribution in [0.1, 0.15) is 10.4 Å². The fourth-order valence-corrected chi connectivity index (χ4v) is 1.41. The van der Waals surface area contributed by atoms with E-state index in [2.05, 4.69) is 14.7 Å². The summed E-state index contributed by atoms with van der Waals surface area (Å²) in [6, 6.07) is 3.28. The SMILES string of the molecule is COC(=O)c1cc(OC)c2nc[nH]c2c1. The summed E-state index contributed by atoms with van der Waals surface area (Å²) in [6.07, 6.45) is 1.55. The van der Waals surface area contributed by atoms with Crippen molar-refractivity contribution in [1.82, 2.24) is 9.97 Å². The van der Waals surface area contributed by atoms with Crippen molar-refractivity contribution in [1.29, 1.82) is 0 Å². The van der Waals surface area contributed by atoms with E-state index in [4.69, 9.17) is 4.74 Å². The highest BCUT2D eigenvalue weighted by atomic mass is 16.5. The number of H-pyrrole nitrogens is 1. The molecule has 0 saturated heterocycles. The molecule has 2 rings (SSSR count). The molecule has 2 aromatic rings. The van der Waals surface area contributed by atoms with Crippen LogP contribution in [0.4, 0.5) is 0 Å². The number of imidazole rings is 1. The molecule has 15 heavy (non-hydrogen) atoms. The minimum atomic E-state index is -0.398. The average Bonchev–Trinajstić information content (AvgIpc) is 2.74. The molecule has 1 aromatic heterocycles. The summed E-state index contributed by atoms with van der Waals surface area (Å²) < 4.78 is 9.76. The number of benzene rings is 1. The Bertz CT molecular complexity index is 504. The molecular formula is C10H10N2O3. The number of carbonyl (C=O) groups is 1. The van der Waals surface area contributed by atoms with Crippen LogP contribution in [0.15, 0.2) is 18.5 Å². The number of aromatic amines is 1. The van der Waals surface area contributed by atoms with Gasteiger partial charge in [0.05, 0.1) is 31.6 Å². The first-order chi connectivity index (χ1) is 7.26. The van der Waals surface area contributed by atoms with Crippen molar-refractivity contribution in [2.24, 2.45) is 0 Å². The van der Waals surface area contributed by atoms with E-state index >= 15 is 0 Å². The Kier molecular flexibility index (Phi) is 2.29. The predicted molar refractivity (Wildman–Crippen MR) is 54.0 cm³/mol. The van der Waals surface area contributed by atoms with Gasteiger partial charge in [0.25, 0.3) is 0 Å². The van der Waals surface area contributed by atoms with Crippen LogP contribution in [0.5, 0.6) is 5.75 Å². The molecule has 0 spiro atoms.